The van der Waals surface area contributed by atoms with Crippen LogP contribution in [0.3, 0.4) is 0 Å². The van der Waals surface area contributed by atoms with Crippen molar-refractivity contribution in [3.05, 3.63) is 12.2 Å². The maximum Gasteiger partial charge on any atom is 0.239 e. The molecule has 0 saturated carbocycles. The van der Waals surface area contributed by atoms with Gasteiger partial charge in [-0.05, 0) is 0 Å². The van der Waals surface area contributed by atoms with Crippen molar-refractivity contribution in [1.29, 1.82) is 0 Å². The molecule has 0 fully saturated rings. The Bertz CT molecular complexity index is 446. The molecule has 2 N–H and O–H groups in total. The lowest BCUT2D eigenvalue weighted by atomic mass is 10.6. The molecule has 0 aliphatic heterocycles. The number of rotatable bonds is 3. The highest BCUT2D eigenvalue weighted by Gasteiger charge is 2.06. The van der Waals surface area contributed by atoms with Crippen molar-refractivity contribution in [2.75, 3.05) is 24.7 Å². The fourth-order valence-electron chi connectivity index (χ4n) is 1.02. The zero-order chi connectivity index (χ0) is 10.8. The Hall–Kier alpha value is -1.70. The minimum Gasteiger partial charge on any atom is -0.367 e. The molecule has 0 atom stereocenters. The molecule has 2 aromatic heterocycles. The molecule has 0 aliphatic carbocycles. The molecule has 0 spiro atoms. The Balaban J connectivity index is 2.11. The fourth-order valence-corrected chi connectivity index (χ4v) is 1.62. The molecule has 0 aliphatic rings. The summed E-state index contributed by atoms with van der Waals surface area (Å²) >= 11 is 1.36. The summed E-state index contributed by atoms with van der Waals surface area (Å²) in [5, 5.41) is 4.83. The standard InChI is InChI=1S/C7H11N7S/c1-13(2)7-10-5(12-15-7)3-14-4-9-6(8)11-14/h4H,3H2,1-2H3,(H2,8,11). The van der Waals surface area contributed by atoms with E-state index >= 15 is 0 Å². The summed E-state index contributed by atoms with van der Waals surface area (Å²) in [7, 11) is 3.86. The Labute approximate surface area is 90.7 Å². The van der Waals surface area contributed by atoms with Gasteiger partial charge in [-0.2, -0.15) is 4.37 Å². The van der Waals surface area contributed by atoms with Crippen molar-refractivity contribution in [2.45, 2.75) is 6.54 Å². The number of hydrogen-bond donors (Lipinski definition) is 1. The highest BCUT2D eigenvalue weighted by Crippen LogP contribution is 2.14. The van der Waals surface area contributed by atoms with Crippen molar-refractivity contribution >= 4 is 22.6 Å². The Kier molecular flexibility index (Phi) is 2.50. The van der Waals surface area contributed by atoms with E-state index in [1.807, 2.05) is 19.0 Å². The average Bonchev–Trinajstić information content (AvgIpc) is 2.76. The van der Waals surface area contributed by atoms with Crippen LogP contribution >= 0.6 is 11.5 Å². The van der Waals surface area contributed by atoms with E-state index in [4.69, 9.17) is 5.73 Å². The van der Waals surface area contributed by atoms with Crippen molar-refractivity contribution in [1.82, 2.24) is 24.1 Å². The largest absolute Gasteiger partial charge is 0.367 e. The third-order valence-electron chi connectivity index (χ3n) is 1.70. The van der Waals surface area contributed by atoms with Crippen LogP contribution in [-0.2, 0) is 6.54 Å². The topological polar surface area (TPSA) is 85.8 Å². The van der Waals surface area contributed by atoms with Crippen LogP contribution in [0.5, 0.6) is 0 Å². The van der Waals surface area contributed by atoms with E-state index in [-0.39, 0.29) is 5.95 Å². The highest BCUT2D eigenvalue weighted by molar-refractivity contribution is 7.09. The summed E-state index contributed by atoms with van der Waals surface area (Å²) < 4.78 is 5.81. The van der Waals surface area contributed by atoms with Gasteiger partial charge in [0.15, 0.2) is 5.82 Å². The lowest BCUT2D eigenvalue weighted by Crippen LogP contribution is -2.08. The first kappa shape index (κ1) is 9.84. The molecule has 2 heterocycles. The molecular formula is C7H11N7S. The predicted molar refractivity (Wildman–Crippen MR) is 57.8 cm³/mol. The molecule has 7 nitrogen and oxygen atoms in total. The number of aromatic nitrogens is 5. The van der Waals surface area contributed by atoms with Gasteiger partial charge in [0, 0.05) is 25.6 Å². The molecule has 80 valence electrons. The van der Waals surface area contributed by atoms with Crippen LogP contribution in [0.25, 0.3) is 0 Å². The molecule has 0 bridgehead atoms. The second-order valence-electron chi connectivity index (χ2n) is 3.19. The van der Waals surface area contributed by atoms with E-state index in [0.717, 1.165) is 5.13 Å². The summed E-state index contributed by atoms with van der Waals surface area (Å²) in [6.45, 7) is 0.495. The van der Waals surface area contributed by atoms with Crippen molar-refractivity contribution in [3.8, 4) is 0 Å². The first-order valence-electron chi connectivity index (χ1n) is 4.30. The third kappa shape index (κ3) is 2.21. The van der Waals surface area contributed by atoms with E-state index in [2.05, 4.69) is 19.4 Å². The van der Waals surface area contributed by atoms with Crippen LogP contribution in [0.4, 0.5) is 11.1 Å². The molecule has 0 radical (unpaired) electrons. The summed E-state index contributed by atoms with van der Waals surface area (Å²) in [5.74, 6) is 0.978. The van der Waals surface area contributed by atoms with E-state index in [1.54, 1.807) is 11.0 Å². The van der Waals surface area contributed by atoms with Gasteiger partial charge in [-0.1, -0.05) is 0 Å². The maximum atomic E-state index is 5.40. The van der Waals surface area contributed by atoms with Crippen molar-refractivity contribution in [2.24, 2.45) is 0 Å². The smallest absolute Gasteiger partial charge is 0.239 e. The lowest BCUT2D eigenvalue weighted by Gasteiger charge is -2.04. The zero-order valence-corrected chi connectivity index (χ0v) is 9.27. The molecule has 2 aromatic rings. The molecule has 0 unspecified atom stereocenters. The summed E-state index contributed by atoms with van der Waals surface area (Å²) in [5.41, 5.74) is 5.40. The van der Waals surface area contributed by atoms with Crippen LogP contribution in [0.2, 0.25) is 0 Å². The molecule has 0 amide bonds. The Morgan fingerprint density at radius 3 is 2.87 bits per heavy atom. The van der Waals surface area contributed by atoms with Gasteiger partial charge in [0.1, 0.15) is 12.9 Å². The molecule has 0 aromatic carbocycles. The fraction of sp³-hybridized carbons (Fsp3) is 0.429. The quantitative estimate of drug-likeness (QED) is 0.780. The molecule has 2 rings (SSSR count). The normalized spacial score (nSPS) is 10.5. The number of hydrogen-bond acceptors (Lipinski definition) is 7. The van der Waals surface area contributed by atoms with Crippen LogP contribution < -0.4 is 10.6 Å². The van der Waals surface area contributed by atoms with E-state index in [9.17, 15) is 0 Å². The molecule has 15 heavy (non-hydrogen) atoms. The monoisotopic (exact) mass is 225 g/mol. The second kappa shape index (κ2) is 3.81. The summed E-state index contributed by atoms with van der Waals surface area (Å²) in [4.78, 5) is 10.1. The first-order chi connectivity index (χ1) is 7.15. The summed E-state index contributed by atoms with van der Waals surface area (Å²) in [6.07, 6.45) is 1.56. The van der Waals surface area contributed by atoms with Gasteiger partial charge < -0.3 is 10.6 Å². The Morgan fingerprint density at radius 1 is 1.53 bits per heavy atom. The van der Waals surface area contributed by atoms with Crippen molar-refractivity contribution in [3.63, 3.8) is 0 Å². The van der Waals surface area contributed by atoms with E-state index < -0.39 is 0 Å². The third-order valence-corrected chi connectivity index (χ3v) is 2.62. The van der Waals surface area contributed by atoms with E-state index in [1.165, 1.54) is 11.5 Å². The lowest BCUT2D eigenvalue weighted by molar-refractivity contribution is 0.663. The number of anilines is 2. The van der Waals surface area contributed by atoms with Crippen LogP contribution in [0.1, 0.15) is 5.82 Å². The van der Waals surface area contributed by atoms with Gasteiger partial charge in [-0.25, -0.2) is 14.6 Å². The number of nitrogens with two attached hydrogens (primary N) is 1. The number of nitrogens with zero attached hydrogens (tertiary/aromatic N) is 6. The van der Waals surface area contributed by atoms with Gasteiger partial charge in [0.25, 0.3) is 0 Å². The minimum absolute atomic E-state index is 0.262. The Morgan fingerprint density at radius 2 is 2.33 bits per heavy atom. The number of nitrogen functional groups attached to an aromatic ring is 1. The zero-order valence-electron chi connectivity index (χ0n) is 8.45. The van der Waals surface area contributed by atoms with Gasteiger partial charge in [-0.3, -0.25) is 0 Å². The second-order valence-corrected chi connectivity index (χ2v) is 3.92. The molecule has 8 heteroatoms. The predicted octanol–water partition coefficient (Wildman–Crippen LogP) is -0.174. The van der Waals surface area contributed by atoms with Crippen LogP contribution in [0.15, 0.2) is 6.33 Å². The maximum absolute atomic E-state index is 5.40. The van der Waals surface area contributed by atoms with Gasteiger partial charge in [-0.15, -0.1) is 5.10 Å². The van der Waals surface area contributed by atoms with Gasteiger partial charge in [0.05, 0.1) is 0 Å². The van der Waals surface area contributed by atoms with Crippen LogP contribution in [-0.4, -0.2) is 38.2 Å². The SMILES string of the molecule is CN(C)c1nc(Cn2cnc(N)n2)ns1. The highest BCUT2D eigenvalue weighted by atomic mass is 32.1. The molecular weight excluding hydrogens is 214 g/mol. The van der Waals surface area contributed by atoms with Crippen molar-refractivity contribution < 1.29 is 0 Å². The van der Waals surface area contributed by atoms with E-state index in [0.29, 0.717) is 12.4 Å². The average molecular weight is 225 g/mol. The first-order valence-corrected chi connectivity index (χ1v) is 5.07. The summed E-state index contributed by atoms with van der Waals surface area (Å²) in [6, 6.07) is 0. The van der Waals surface area contributed by atoms with Crippen LogP contribution in [0, 0.1) is 0 Å². The minimum atomic E-state index is 0.262. The molecule has 0 saturated heterocycles. The van der Waals surface area contributed by atoms with Gasteiger partial charge in [0.2, 0.25) is 11.1 Å². The van der Waals surface area contributed by atoms with Gasteiger partial charge >= 0.3 is 0 Å².